The Balaban J connectivity index is 1.73. The summed E-state index contributed by atoms with van der Waals surface area (Å²) in [6.07, 6.45) is 10.7. The SMILES string of the molecule is C=C1CCC(O)(O)C/C1=C/CC1CCC(O)[C@@]2(C)[C@H]([C@](C)(O)CCCC(C)C)CC[C@@H]12. The molecule has 3 saturated carbocycles. The Morgan fingerprint density at radius 3 is 2.58 bits per heavy atom. The van der Waals surface area contributed by atoms with Gasteiger partial charge in [0.1, 0.15) is 0 Å². The summed E-state index contributed by atoms with van der Waals surface area (Å²) in [5.41, 5.74) is 1.00. The molecular weight excluding hydrogens is 388 g/mol. The van der Waals surface area contributed by atoms with Crippen molar-refractivity contribution in [2.45, 2.75) is 116 Å². The third-order valence-corrected chi connectivity index (χ3v) is 9.05. The van der Waals surface area contributed by atoms with Crippen molar-refractivity contribution < 1.29 is 20.4 Å². The van der Waals surface area contributed by atoms with Crippen LogP contribution in [0.15, 0.2) is 23.8 Å². The number of allylic oxidation sites excluding steroid dienone is 2. The molecule has 3 aliphatic rings. The highest BCUT2D eigenvalue weighted by molar-refractivity contribution is 5.32. The van der Waals surface area contributed by atoms with Crippen LogP contribution in [0.25, 0.3) is 0 Å². The summed E-state index contributed by atoms with van der Waals surface area (Å²) in [7, 11) is 0. The summed E-state index contributed by atoms with van der Waals surface area (Å²) in [4.78, 5) is 0. The summed E-state index contributed by atoms with van der Waals surface area (Å²) >= 11 is 0. The van der Waals surface area contributed by atoms with Crippen molar-refractivity contribution in [3.8, 4) is 0 Å². The minimum Gasteiger partial charge on any atom is -0.393 e. The normalized spacial score (nSPS) is 39.0. The highest BCUT2D eigenvalue weighted by atomic mass is 16.5. The monoisotopic (exact) mass is 434 g/mol. The second-order valence-electron chi connectivity index (χ2n) is 11.8. The molecule has 0 bridgehead atoms. The largest absolute Gasteiger partial charge is 0.393 e. The molecule has 0 aromatic carbocycles. The lowest BCUT2D eigenvalue weighted by molar-refractivity contribution is -0.167. The molecule has 3 aliphatic carbocycles. The zero-order valence-corrected chi connectivity index (χ0v) is 20.2. The van der Waals surface area contributed by atoms with Crippen molar-refractivity contribution in [3.63, 3.8) is 0 Å². The number of aliphatic hydroxyl groups excluding tert-OH is 1. The molecule has 6 atom stereocenters. The van der Waals surface area contributed by atoms with Crippen molar-refractivity contribution >= 4 is 0 Å². The van der Waals surface area contributed by atoms with Crippen LogP contribution in [0.5, 0.6) is 0 Å². The molecule has 3 fully saturated rings. The van der Waals surface area contributed by atoms with Gasteiger partial charge in [0.05, 0.1) is 11.7 Å². The number of aliphatic hydroxyl groups is 4. The molecule has 0 heterocycles. The van der Waals surface area contributed by atoms with Gasteiger partial charge in [-0.25, -0.2) is 0 Å². The molecular formula is C27H46O4. The van der Waals surface area contributed by atoms with Crippen molar-refractivity contribution in [1.29, 1.82) is 0 Å². The summed E-state index contributed by atoms with van der Waals surface area (Å²) < 4.78 is 0. The first-order valence-electron chi connectivity index (χ1n) is 12.6. The third-order valence-electron chi connectivity index (χ3n) is 9.05. The summed E-state index contributed by atoms with van der Waals surface area (Å²) in [5, 5.41) is 42.7. The topological polar surface area (TPSA) is 80.9 Å². The lowest BCUT2D eigenvalue weighted by atomic mass is 9.56. The van der Waals surface area contributed by atoms with Crippen LogP contribution in [-0.4, -0.2) is 37.9 Å². The second-order valence-corrected chi connectivity index (χ2v) is 11.8. The molecule has 4 N–H and O–H groups in total. The molecule has 0 saturated heterocycles. The van der Waals surface area contributed by atoms with Gasteiger partial charge >= 0.3 is 0 Å². The maximum Gasteiger partial charge on any atom is 0.166 e. The first-order chi connectivity index (χ1) is 14.4. The molecule has 0 aromatic rings. The second kappa shape index (κ2) is 9.29. The van der Waals surface area contributed by atoms with Crippen molar-refractivity contribution in [2.24, 2.45) is 29.1 Å². The van der Waals surface area contributed by atoms with Crippen LogP contribution in [0.3, 0.4) is 0 Å². The predicted molar refractivity (Wildman–Crippen MR) is 125 cm³/mol. The molecule has 4 nitrogen and oxygen atoms in total. The van der Waals surface area contributed by atoms with Crippen LogP contribution in [-0.2, 0) is 0 Å². The lowest BCUT2D eigenvalue weighted by Gasteiger charge is -2.52. The van der Waals surface area contributed by atoms with Gasteiger partial charge in [0, 0.05) is 18.3 Å². The fraction of sp³-hybridized carbons (Fsp3) is 0.852. The first-order valence-corrected chi connectivity index (χ1v) is 12.6. The number of rotatable bonds is 7. The quantitative estimate of drug-likeness (QED) is 0.420. The standard InChI is InChI=1S/C27H46O4/c1-18(2)7-6-15-25(4,29)23-12-11-22-20(10-13-24(28)26(22,23)5)8-9-21-17-27(30,31)16-14-19(21)3/h9,18,20,22-24,28-31H,3,6-8,10-17H2,1-2,4-5H3/b21-9-/t20?,22-,23-,24?,25+,26+/m0/s1. The minimum atomic E-state index is -1.61. The van der Waals surface area contributed by atoms with Crippen LogP contribution in [0, 0.1) is 29.1 Å². The molecule has 0 radical (unpaired) electrons. The first kappa shape index (κ1) is 25.0. The van der Waals surface area contributed by atoms with E-state index in [1.165, 1.54) is 0 Å². The van der Waals surface area contributed by atoms with Crippen molar-refractivity contribution in [3.05, 3.63) is 23.8 Å². The van der Waals surface area contributed by atoms with Gasteiger partial charge in [-0.1, -0.05) is 51.8 Å². The maximum atomic E-state index is 11.5. The molecule has 178 valence electrons. The zero-order chi connectivity index (χ0) is 23.0. The van der Waals surface area contributed by atoms with Crippen LogP contribution in [0.1, 0.15) is 98.3 Å². The lowest BCUT2D eigenvalue weighted by Crippen LogP contribution is -2.53. The average molecular weight is 435 g/mol. The molecule has 31 heavy (non-hydrogen) atoms. The fourth-order valence-electron chi connectivity index (χ4n) is 7.18. The molecule has 3 rings (SSSR count). The zero-order valence-electron chi connectivity index (χ0n) is 20.2. The average Bonchev–Trinajstić information content (AvgIpc) is 3.03. The van der Waals surface area contributed by atoms with Gasteiger partial charge in [0.25, 0.3) is 0 Å². The van der Waals surface area contributed by atoms with E-state index >= 15 is 0 Å². The third kappa shape index (κ3) is 5.29. The maximum absolute atomic E-state index is 11.5. The smallest absolute Gasteiger partial charge is 0.166 e. The Bertz CT molecular complexity index is 677. The Morgan fingerprint density at radius 2 is 1.90 bits per heavy atom. The number of fused-ring (bicyclic) bond motifs is 1. The molecule has 2 unspecified atom stereocenters. The minimum absolute atomic E-state index is 0.120. The fourth-order valence-corrected chi connectivity index (χ4v) is 7.18. The summed E-state index contributed by atoms with van der Waals surface area (Å²) in [6, 6.07) is 0. The van der Waals surface area contributed by atoms with E-state index in [2.05, 4.69) is 33.4 Å². The van der Waals surface area contributed by atoms with Gasteiger partial charge in [-0.2, -0.15) is 0 Å². The Kier molecular flexibility index (Phi) is 7.48. The Hall–Kier alpha value is -0.680. The summed E-state index contributed by atoms with van der Waals surface area (Å²) in [6.45, 7) is 12.8. The van der Waals surface area contributed by atoms with Crippen molar-refractivity contribution in [1.82, 2.24) is 0 Å². The van der Waals surface area contributed by atoms with E-state index < -0.39 is 11.4 Å². The van der Waals surface area contributed by atoms with Gasteiger partial charge in [-0.15, -0.1) is 0 Å². The molecule has 0 aliphatic heterocycles. The predicted octanol–water partition coefficient (Wildman–Crippen LogP) is 5.10. The Morgan fingerprint density at radius 1 is 1.19 bits per heavy atom. The molecule has 0 spiro atoms. The van der Waals surface area contributed by atoms with E-state index in [0.717, 1.165) is 62.5 Å². The van der Waals surface area contributed by atoms with Gasteiger partial charge < -0.3 is 20.4 Å². The molecule has 0 amide bonds. The van der Waals surface area contributed by atoms with E-state index in [0.29, 0.717) is 30.6 Å². The van der Waals surface area contributed by atoms with E-state index in [4.69, 9.17) is 0 Å². The van der Waals surface area contributed by atoms with E-state index in [9.17, 15) is 20.4 Å². The number of hydrogen-bond donors (Lipinski definition) is 4. The van der Waals surface area contributed by atoms with Gasteiger partial charge in [-0.3, -0.25) is 0 Å². The van der Waals surface area contributed by atoms with E-state index in [1.54, 1.807) is 0 Å². The Labute approximate surface area is 189 Å². The highest BCUT2D eigenvalue weighted by Crippen LogP contribution is 2.61. The van der Waals surface area contributed by atoms with Gasteiger partial charge in [0.2, 0.25) is 0 Å². The van der Waals surface area contributed by atoms with E-state index in [1.807, 2.05) is 6.92 Å². The van der Waals surface area contributed by atoms with Crippen LogP contribution in [0.4, 0.5) is 0 Å². The van der Waals surface area contributed by atoms with Crippen LogP contribution < -0.4 is 0 Å². The van der Waals surface area contributed by atoms with Crippen LogP contribution in [0.2, 0.25) is 0 Å². The van der Waals surface area contributed by atoms with Crippen LogP contribution >= 0.6 is 0 Å². The molecule has 0 aromatic heterocycles. The van der Waals surface area contributed by atoms with Gasteiger partial charge in [0.15, 0.2) is 5.79 Å². The highest BCUT2D eigenvalue weighted by Gasteiger charge is 2.59. The van der Waals surface area contributed by atoms with Crippen molar-refractivity contribution in [2.75, 3.05) is 0 Å². The number of hydrogen-bond acceptors (Lipinski definition) is 4. The van der Waals surface area contributed by atoms with Gasteiger partial charge in [-0.05, 0) is 81.1 Å². The molecule has 4 heteroatoms. The summed E-state index contributed by atoms with van der Waals surface area (Å²) in [5.74, 6) is -0.00279. The van der Waals surface area contributed by atoms with E-state index in [-0.39, 0.29) is 23.9 Å².